The highest BCUT2D eigenvalue weighted by Gasteiger charge is 2.52. The molecule has 2 heterocycles. The van der Waals surface area contributed by atoms with Crippen LogP contribution < -0.4 is 0 Å². The number of fused-ring (bicyclic) bond motifs is 2. The van der Waals surface area contributed by atoms with Gasteiger partial charge in [0.2, 0.25) is 0 Å². The van der Waals surface area contributed by atoms with Crippen LogP contribution in [0.1, 0.15) is 30.5 Å². The monoisotopic (exact) mass is 344 g/mol. The van der Waals surface area contributed by atoms with Crippen molar-refractivity contribution in [3.63, 3.8) is 0 Å². The molecule has 2 bridgehead atoms. The summed E-state index contributed by atoms with van der Waals surface area (Å²) in [5.74, 6) is -1.40. The second kappa shape index (κ2) is 6.46. The summed E-state index contributed by atoms with van der Waals surface area (Å²) in [5, 5.41) is 11.5. The molecule has 2 unspecified atom stereocenters. The fourth-order valence-electron chi connectivity index (χ4n) is 4.59. The molecule has 2 aliphatic rings. The summed E-state index contributed by atoms with van der Waals surface area (Å²) in [5.41, 5.74) is 0.641. The van der Waals surface area contributed by atoms with E-state index in [0.717, 1.165) is 43.6 Å². The summed E-state index contributed by atoms with van der Waals surface area (Å²) in [4.78, 5) is 6.68. The molecule has 25 heavy (non-hydrogen) atoms. The Bertz CT molecular complexity index is 739. The van der Waals surface area contributed by atoms with Gasteiger partial charge in [-0.15, -0.1) is 0 Å². The minimum atomic E-state index is -0.885. The third kappa shape index (κ3) is 2.96. The summed E-state index contributed by atoms with van der Waals surface area (Å²) in [6.45, 7) is 2.05. The largest absolute Gasteiger partial charge is 0.383 e. The molecular formula is C20H22F2N2O. The molecule has 3 nitrogen and oxygen atoms in total. The van der Waals surface area contributed by atoms with Crippen LogP contribution in [0.15, 0.2) is 42.6 Å². The molecule has 1 aromatic heterocycles. The van der Waals surface area contributed by atoms with Crippen LogP contribution in [0.5, 0.6) is 0 Å². The first kappa shape index (κ1) is 16.6. The Balaban J connectivity index is 1.56. The smallest absolute Gasteiger partial charge is 0.159 e. The topological polar surface area (TPSA) is 36.4 Å². The maximum atomic E-state index is 13.5. The lowest BCUT2D eigenvalue weighted by atomic mass is 9.64. The summed E-state index contributed by atoms with van der Waals surface area (Å²) in [6.07, 6.45) is 4.76. The fraction of sp³-hybridized carbons (Fsp3) is 0.450. The quantitative estimate of drug-likeness (QED) is 0.926. The first-order valence-electron chi connectivity index (χ1n) is 8.87. The van der Waals surface area contributed by atoms with Gasteiger partial charge in [-0.2, -0.15) is 0 Å². The third-order valence-electron chi connectivity index (χ3n) is 5.77. The van der Waals surface area contributed by atoms with Crippen LogP contribution in [-0.4, -0.2) is 28.1 Å². The van der Waals surface area contributed by atoms with E-state index >= 15 is 0 Å². The van der Waals surface area contributed by atoms with Gasteiger partial charge in [0.15, 0.2) is 11.6 Å². The summed E-state index contributed by atoms with van der Waals surface area (Å²) >= 11 is 0. The Kier molecular flexibility index (Phi) is 4.29. The Morgan fingerprint density at radius 1 is 1.08 bits per heavy atom. The molecule has 1 aliphatic heterocycles. The van der Waals surface area contributed by atoms with Crippen molar-refractivity contribution in [3.05, 3.63) is 65.5 Å². The van der Waals surface area contributed by atoms with Gasteiger partial charge in [0.25, 0.3) is 0 Å². The molecule has 1 aromatic carbocycles. The van der Waals surface area contributed by atoms with Crippen LogP contribution in [0.25, 0.3) is 0 Å². The maximum absolute atomic E-state index is 13.5. The lowest BCUT2D eigenvalue weighted by Crippen LogP contribution is -2.58. The number of benzene rings is 1. The van der Waals surface area contributed by atoms with Crippen molar-refractivity contribution in [1.82, 2.24) is 9.88 Å². The Labute approximate surface area is 146 Å². The van der Waals surface area contributed by atoms with E-state index in [0.29, 0.717) is 6.54 Å². The first-order valence-corrected chi connectivity index (χ1v) is 8.87. The predicted octanol–water partition coefficient (Wildman–Crippen LogP) is 3.48. The highest BCUT2D eigenvalue weighted by atomic mass is 19.2. The molecule has 1 saturated carbocycles. The summed E-state index contributed by atoms with van der Waals surface area (Å²) in [6, 6.07) is 9.78. The molecule has 1 N–H and O–H groups in total. The number of aromatic nitrogens is 1. The van der Waals surface area contributed by atoms with Gasteiger partial charge in [-0.3, -0.25) is 9.88 Å². The van der Waals surface area contributed by atoms with Crippen LogP contribution >= 0.6 is 0 Å². The van der Waals surface area contributed by atoms with Crippen LogP contribution in [0, 0.1) is 23.5 Å². The summed E-state index contributed by atoms with van der Waals surface area (Å²) in [7, 11) is 0. The number of piperidine rings is 1. The van der Waals surface area contributed by atoms with Gasteiger partial charge in [0, 0.05) is 37.7 Å². The van der Waals surface area contributed by atoms with Gasteiger partial charge >= 0.3 is 0 Å². The molecule has 132 valence electrons. The molecular weight excluding hydrogens is 322 g/mol. The second-order valence-corrected chi connectivity index (χ2v) is 7.31. The molecule has 1 saturated heterocycles. The number of rotatable bonds is 3. The highest BCUT2D eigenvalue weighted by molar-refractivity contribution is 5.21. The minimum absolute atomic E-state index is 0.111. The Morgan fingerprint density at radius 3 is 2.48 bits per heavy atom. The van der Waals surface area contributed by atoms with E-state index in [4.69, 9.17) is 0 Å². The van der Waals surface area contributed by atoms with E-state index in [2.05, 4.69) is 9.88 Å². The average Bonchev–Trinajstić information content (AvgIpc) is 2.60. The average molecular weight is 344 g/mol. The molecule has 0 spiro atoms. The number of hydrogen-bond donors (Lipinski definition) is 1. The molecule has 0 amide bonds. The Hall–Kier alpha value is -1.85. The normalized spacial score (nSPS) is 29.6. The first-order chi connectivity index (χ1) is 12.1. The van der Waals surface area contributed by atoms with Crippen molar-refractivity contribution >= 4 is 0 Å². The SMILES string of the molecule is OC1(c2ccccn2)C2CCCC1CN(Cc1ccc(F)c(F)c1)C2. The van der Waals surface area contributed by atoms with Crippen LogP contribution in [0.3, 0.4) is 0 Å². The van der Waals surface area contributed by atoms with E-state index in [-0.39, 0.29) is 11.8 Å². The fourth-order valence-corrected chi connectivity index (χ4v) is 4.59. The lowest BCUT2D eigenvalue weighted by molar-refractivity contribution is -0.151. The number of hydrogen-bond acceptors (Lipinski definition) is 3. The predicted molar refractivity (Wildman–Crippen MR) is 90.6 cm³/mol. The van der Waals surface area contributed by atoms with Crippen molar-refractivity contribution in [1.29, 1.82) is 0 Å². The zero-order valence-corrected chi connectivity index (χ0v) is 14.0. The van der Waals surface area contributed by atoms with Crippen molar-refractivity contribution < 1.29 is 13.9 Å². The van der Waals surface area contributed by atoms with Gasteiger partial charge in [-0.25, -0.2) is 8.78 Å². The van der Waals surface area contributed by atoms with Gasteiger partial charge in [0.05, 0.1) is 5.69 Å². The number of pyridine rings is 1. The molecule has 1 aliphatic carbocycles. The molecule has 5 heteroatoms. The van der Waals surface area contributed by atoms with Crippen LogP contribution in [0.4, 0.5) is 8.78 Å². The number of aliphatic hydroxyl groups is 1. The highest BCUT2D eigenvalue weighted by Crippen LogP contribution is 2.48. The lowest BCUT2D eigenvalue weighted by Gasteiger charge is -2.52. The van der Waals surface area contributed by atoms with Gasteiger partial charge in [-0.05, 0) is 42.7 Å². The van der Waals surface area contributed by atoms with Gasteiger partial charge in [0.1, 0.15) is 5.60 Å². The van der Waals surface area contributed by atoms with E-state index in [1.807, 2.05) is 18.2 Å². The number of nitrogens with zero attached hydrogens (tertiary/aromatic N) is 2. The molecule has 0 radical (unpaired) electrons. The maximum Gasteiger partial charge on any atom is 0.159 e. The zero-order valence-electron chi connectivity index (χ0n) is 14.0. The van der Waals surface area contributed by atoms with Crippen molar-refractivity contribution in [3.8, 4) is 0 Å². The number of halogens is 2. The van der Waals surface area contributed by atoms with Crippen LogP contribution in [-0.2, 0) is 12.1 Å². The summed E-state index contributed by atoms with van der Waals surface area (Å²) < 4.78 is 26.6. The zero-order chi connectivity index (χ0) is 17.4. The van der Waals surface area contributed by atoms with Crippen LogP contribution in [0.2, 0.25) is 0 Å². The molecule has 4 rings (SSSR count). The van der Waals surface area contributed by atoms with E-state index in [1.165, 1.54) is 12.1 Å². The third-order valence-corrected chi connectivity index (χ3v) is 5.77. The Morgan fingerprint density at radius 2 is 1.84 bits per heavy atom. The van der Waals surface area contributed by atoms with Crippen molar-refractivity contribution in [2.24, 2.45) is 11.8 Å². The second-order valence-electron chi connectivity index (χ2n) is 7.31. The molecule has 2 atom stereocenters. The van der Waals surface area contributed by atoms with Crippen molar-refractivity contribution in [2.75, 3.05) is 13.1 Å². The van der Waals surface area contributed by atoms with Crippen molar-refractivity contribution in [2.45, 2.75) is 31.4 Å². The van der Waals surface area contributed by atoms with Gasteiger partial charge < -0.3 is 5.11 Å². The minimum Gasteiger partial charge on any atom is -0.383 e. The number of likely N-dealkylation sites (tertiary alicyclic amines) is 1. The van der Waals surface area contributed by atoms with E-state index in [9.17, 15) is 13.9 Å². The molecule has 2 aromatic rings. The standard InChI is InChI=1S/C20H22F2N2O/c21-17-8-7-14(10-18(17)22)11-24-12-15-4-3-5-16(13-24)20(15,25)19-6-1-2-9-23-19/h1-2,6-10,15-16,25H,3-5,11-13H2. The molecule has 2 fully saturated rings. The van der Waals surface area contributed by atoms with E-state index < -0.39 is 17.2 Å². The van der Waals surface area contributed by atoms with Gasteiger partial charge in [-0.1, -0.05) is 18.6 Å². The van der Waals surface area contributed by atoms with E-state index in [1.54, 1.807) is 12.3 Å².